The number of hydrogen-bond acceptors (Lipinski definition) is 3. The summed E-state index contributed by atoms with van der Waals surface area (Å²) in [6.45, 7) is 0.723. The molecule has 5 heteroatoms. The summed E-state index contributed by atoms with van der Waals surface area (Å²) in [7, 11) is 5.99. The molecule has 20 heavy (non-hydrogen) atoms. The maximum absolute atomic E-state index is 12.5. The van der Waals surface area contributed by atoms with Gasteiger partial charge in [-0.25, -0.2) is 0 Å². The SMILES string of the molecule is CN(CC1(N(C)C)CCC1)C(=O)c1ccc(Cl)cc1N. The summed E-state index contributed by atoms with van der Waals surface area (Å²) in [6.07, 6.45) is 3.49. The van der Waals surface area contributed by atoms with Crippen molar-refractivity contribution in [3.63, 3.8) is 0 Å². The molecule has 2 N–H and O–H groups in total. The monoisotopic (exact) mass is 295 g/mol. The second kappa shape index (κ2) is 5.62. The Morgan fingerprint density at radius 1 is 1.35 bits per heavy atom. The minimum Gasteiger partial charge on any atom is -0.398 e. The highest BCUT2D eigenvalue weighted by Crippen LogP contribution is 2.37. The fourth-order valence-corrected chi connectivity index (χ4v) is 2.96. The van der Waals surface area contributed by atoms with Gasteiger partial charge in [0.15, 0.2) is 0 Å². The topological polar surface area (TPSA) is 49.6 Å². The summed E-state index contributed by atoms with van der Waals surface area (Å²) in [4.78, 5) is 16.5. The van der Waals surface area contributed by atoms with Crippen LogP contribution in [0.1, 0.15) is 29.6 Å². The second-order valence-electron chi connectivity index (χ2n) is 5.87. The molecule has 1 saturated carbocycles. The lowest BCUT2D eigenvalue weighted by Gasteiger charge is -2.49. The van der Waals surface area contributed by atoms with Gasteiger partial charge in [-0.3, -0.25) is 4.79 Å². The first-order valence-electron chi connectivity index (χ1n) is 6.84. The lowest BCUT2D eigenvalue weighted by molar-refractivity contribution is 0.0253. The van der Waals surface area contributed by atoms with Crippen LogP contribution in [0.3, 0.4) is 0 Å². The maximum Gasteiger partial charge on any atom is 0.255 e. The number of nitrogens with zero attached hydrogens (tertiary/aromatic N) is 2. The molecule has 0 saturated heterocycles. The van der Waals surface area contributed by atoms with Crippen molar-refractivity contribution in [1.82, 2.24) is 9.80 Å². The minimum absolute atomic E-state index is 0.0488. The van der Waals surface area contributed by atoms with Gasteiger partial charge < -0.3 is 15.5 Å². The number of carbonyl (C=O) groups is 1. The molecule has 0 spiro atoms. The quantitative estimate of drug-likeness (QED) is 0.868. The highest BCUT2D eigenvalue weighted by Gasteiger charge is 2.40. The molecule has 0 aliphatic heterocycles. The third kappa shape index (κ3) is 2.76. The maximum atomic E-state index is 12.5. The molecule has 0 bridgehead atoms. The lowest BCUT2D eigenvalue weighted by Crippen LogP contribution is -2.57. The molecule has 1 aromatic rings. The summed E-state index contributed by atoms with van der Waals surface area (Å²) in [5.41, 5.74) is 6.96. The number of nitrogens with two attached hydrogens (primary N) is 1. The van der Waals surface area contributed by atoms with E-state index in [1.165, 1.54) is 6.42 Å². The van der Waals surface area contributed by atoms with Gasteiger partial charge in [-0.1, -0.05) is 11.6 Å². The smallest absolute Gasteiger partial charge is 0.255 e. The average Bonchev–Trinajstić information content (AvgIpc) is 2.32. The number of anilines is 1. The van der Waals surface area contributed by atoms with Gasteiger partial charge in [-0.2, -0.15) is 0 Å². The van der Waals surface area contributed by atoms with Crippen LogP contribution in [0.2, 0.25) is 5.02 Å². The minimum atomic E-state index is -0.0488. The van der Waals surface area contributed by atoms with E-state index in [0.29, 0.717) is 16.3 Å². The molecular formula is C15H22ClN3O. The van der Waals surface area contributed by atoms with Crippen molar-refractivity contribution in [2.45, 2.75) is 24.8 Å². The zero-order valence-corrected chi connectivity index (χ0v) is 13.1. The number of halogens is 1. The molecule has 0 unspecified atom stereocenters. The molecule has 2 rings (SSSR count). The Hall–Kier alpha value is -1.26. The van der Waals surface area contributed by atoms with Crippen LogP contribution in [0.4, 0.5) is 5.69 Å². The molecule has 0 heterocycles. The van der Waals surface area contributed by atoms with E-state index < -0.39 is 0 Å². The second-order valence-corrected chi connectivity index (χ2v) is 6.30. The molecule has 0 radical (unpaired) electrons. The van der Waals surface area contributed by atoms with Crippen molar-refractivity contribution < 1.29 is 4.79 Å². The van der Waals surface area contributed by atoms with Crippen molar-refractivity contribution >= 4 is 23.2 Å². The van der Waals surface area contributed by atoms with Crippen LogP contribution < -0.4 is 5.73 Å². The summed E-state index contributed by atoms with van der Waals surface area (Å²) >= 11 is 5.87. The first-order valence-corrected chi connectivity index (χ1v) is 7.21. The number of rotatable bonds is 4. The average molecular weight is 296 g/mol. The van der Waals surface area contributed by atoms with Crippen LogP contribution in [0.15, 0.2) is 18.2 Å². The number of amides is 1. The van der Waals surface area contributed by atoms with Crippen molar-refractivity contribution in [2.75, 3.05) is 33.4 Å². The Kier molecular flexibility index (Phi) is 4.25. The highest BCUT2D eigenvalue weighted by atomic mass is 35.5. The molecule has 1 aromatic carbocycles. The third-order valence-electron chi connectivity index (χ3n) is 4.36. The van der Waals surface area contributed by atoms with Gasteiger partial charge in [0.1, 0.15) is 0 Å². The first-order chi connectivity index (χ1) is 9.35. The van der Waals surface area contributed by atoms with Crippen LogP contribution in [0.5, 0.6) is 0 Å². The molecule has 1 aliphatic carbocycles. The van der Waals surface area contributed by atoms with Gasteiger partial charge in [-0.05, 0) is 51.6 Å². The molecule has 1 fully saturated rings. The van der Waals surface area contributed by atoms with Crippen molar-refractivity contribution in [2.24, 2.45) is 0 Å². The predicted octanol–water partition coefficient (Wildman–Crippen LogP) is 2.48. The molecular weight excluding hydrogens is 274 g/mol. The molecule has 110 valence electrons. The summed E-state index contributed by atoms with van der Waals surface area (Å²) in [5, 5.41) is 0.547. The number of hydrogen-bond donors (Lipinski definition) is 1. The summed E-state index contributed by atoms with van der Waals surface area (Å²) in [5.74, 6) is -0.0488. The van der Waals surface area contributed by atoms with Crippen molar-refractivity contribution in [3.05, 3.63) is 28.8 Å². The van der Waals surface area contributed by atoms with E-state index in [9.17, 15) is 4.79 Å². The van der Waals surface area contributed by atoms with Gasteiger partial charge in [0.2, 0.25) is 0 Å². The van der Waals surface area contributed by atoms with Crippen LogP contribution in [-0.4, -0.2) is 48.9 Å². The lowest BCUT2D eigenvalue weighted by atomic mass is 9.75. The van der Waals surface area contributed by atoms with Crippen LogP contribution in [-0.2, 0) is 0 Å². The zero-order chi connectivity index (χ0) is 14.9. The number of benzene rings is 1. The zero-order valence-electron chi connectivity index (χ0n) is 12.3. The fourth-order valence-electron chi connectivity index (χ4n) is 2.78. The fraction of sp³-hybridized carbons (Fsp3) is 0.533. The van der Waals surface area contributed by atoms with Crippen molar-refractivity contribution in [3.8, 4) is 0 Å². The Bertz CT molecular complexity index is 512. The van der Waals surface area contributed by atoms with E-state index in [4.69, 9.17) is 17.3 Å². The van der Waals surface area contributed by atoms with E-state index >= 15 is 0 Å². The molecule has 1 aliphatic rings. The molecule has 1 amide bonds. The third-order valence-corrected chi connectivity index (χ3v) is 4.59. The Labute approximate surface area is 125 Å². The molecule has 4 nitrogen and oxygen atoms in total. The van der Waals surface area contributed by atoms with E-state index in [0.717, 1.165) is 19.4 Å². The van der Waals surface area contributed by atoms with Crippen LogP contribution in [0, 0.1) is 0 Å². The van der Waals surface area contributed by atoms with E-state index in [1.54, 1.807) is 23.1 Å². The van der Waals surface area contributed by atoms with Gasteiger partial charge in [0.05, 0.1) is 5.56 Å². The number of carbonyl (C=O) groups excluding carboxylic acids is 1. The number of likely N-dealkylation sites (N-methyl/N-ethyl adjacent to an activating group) is 2. The van der Waals surface area contributed by atoms with E-state index in [1.807, 2.05) is 7.05 Å². The predicted molar refractivity (Wildman–Crippen MR) is 83.1 cm³/mol. The normalized spacial score (nSPS) is 16.9. The summed E-state index contributed by atoms with van der Waals surface area (Å²) < 4.78 is 0. The van der Waals surface area contributed by atoms with Crippen LogP contribution in [0.25, 0.3) is 0 Å². The standard InChI is InChI=1S/C15H22ClN3O/c1-18(2)15(7-4-8-15)10-19(3)14(20)12-6-5-11(16)9-13(12)17/h5-6,9H,4,7-8,10,17H2,1-3H3. The van der Waals surface area contributed by atoms with Crippen molar-refractivity contribution in [1.29, 1.82) is 0 Å². The van der Waals surface area contributed by atoms with Gasteiger partial charge >= 0.3 is 0 Å². The van der Waals surface area contributed by atoms with E-state index in [-0.39, 0.29) is 11.4 Å². The molecule has 0 atom stereocenters. The Morgan fingerprint density at radius 3 is 2.45 bits per heavy atom. The Balaban J connectivity index is 2.12. The van der Waals surface area contributed by atoms with Gasteiger partial charge in [0.25, 0.3) is 5.91 Å². The van der Waals surface area contributed by atoms with Gasteiger partial charge in [-0.15, -0.1) is 0 Å². The summed E-state index contributed by atoms with van der Waals surface area (Å²) in [6, 6.07) is 5.01. The van der Waals surface area contributed by atoms with Gasteiger partial charge in [0, 0.05) is 29.8 Å². The van der Waals surface area contributed by atoms with Crippen LogP contribution >= 0.6 is 11.6 Å². The van der Waals surface area contributed by atoms with E-state index in [2.05, 4.69) is 19.0 Å². The molecule has 0 aromatic heterocycles. The number of nitrogen functional groups attached to an aromatic ring is 1. The highest BCUT2D eigenvalue weighted by molar-refractivity contribution is 6.31. The first kappa shape index (κ1) is 15.1. The largest absolute Gasteiger partial charge is 0.398 e. The Morgan fingerprint density at radius 2 is 2.00 bits per heavy atom.